The van der Waals surface area contributed by atoms with E-state index in [1.807, 2.05) is 30.3 Å². The van der Waals surface area contributed by atoms with Crippen molar-refractivity contribution in [2.75, 3.05) is 32.4 Å². The number of hydrogen-bond donors (Lipinski definition) is 1. The van der Waals surface area contributed by atoms with Gasteiger partial charge in [-0.3, -0.25) is 4.79 Å². The Balaban J connectivity index is 1.50. The van der Waals surface area contributed by atoms with Crippen LogP contribution in [0.2, 0.25) is 0 Å². The number of para-hydroxylation sites is 1. The van der Waals surface area contributed by atoms with E-state index in [1.165, 1.54) is 39.4 Å². The number of rotatable bonds is 8. The van der Waals surface area contributed by atoms with Crippen LogP contribution in [0.3, 0.4) is 0 Å². The Morgan fingerprint density at radius 3 is 2.41 bits per heavy atom. The SMILES string of the molecule is COc1cc(NC(=O)CSc2ncnc3c2cnn3-c2ccccc2)cc(OC)c1OC. The molecule has 9 nitrogen and oxygen atoms in total. The normalized spacial score (nSPS) is 10.7. The van der Waals surface area contributed by atoms with Crippen LogP contribution in [0.1, 0.15) is 0 Å². The first kappa shape index (κ1) is 21.4. The van der Waals surface area contributed by atoms with E-state index in [2.05, 4.69) is 20.4 Å². The van der Waals surface area contributed by atoms with Gasteiger partial charge in [0.15, 0.2) is 17.1 Å². The van der Waals surface area contributed by atoms with Crippen molar-refractivity contribution in [1.82, 2.24) is 19.7 Å². The van der Waals surface area contributed by atoms with E-state index in [1.54, 1.807) is 23.0 Å². The fourth-order valence-corrected chi connectivity index (χ4v) is 3.94. The minimum Gasteiger partial charge on any atom is -0.493 e. The summed E-state index contributed by atoms with van der Waals surface area (Å²) in [5, 5.41) is 8.75. The van der Waals surface area contributed by atoms with Gasteiger partial charge in [-0.25, -0.2) is 14.6 Å². The fraction of sp³-hybridized carbons (Fsp3) is 0.182. The van der Waals surface area contributed by atoms with E-state index in [-0.39, 0.29) is 11.7 Å². The van der Waals surface area contributed by atoms with Gasteiger partial charge in [-0.1, -0.05) is 30.0 Å². The monoisotopic (exact) mass is 451 g/mol. The van der Waals surface area contributed by atoms with Crippen LogP contribution in [-0.2, 0) is 4.79 Å². The van der Waals surface area contributed by atoms with Crippen molar-refractivity contribution in [3.63, 3.8) is 0 Å². The third kappa shape index (κ3) is 4.30. The average molecular weight is 452 g/mol. The van der Waals surface area contributed by atoms with Crippen molar-refractivity contribution >= 4 is 34.4 Å². The molecular weight excluding hydrogens is 430 g/mol. The van der Waals surface area contributed by atoms with E-state index in [0.29, 0.717) is 33.6 Å². The van der Waals surface area contributed by atoms with E-state index < -0.39 is 0 Å². The van der Waals surface area contributed by atoms with Gasteiger partial charge in [0.2, 0.25) is 11.7 Å². The maximum atomic E-state index is 12.6. The van der Waals surface area contributed by atoms with Crippen molar-refractivity contribution in [1.29, 1.82) is 0 Å². The number of carbonyl (C=O) groups is 1. The number of fused-ring (bicyclic) bond motifs is 1. The van der Waals surface area contributed by atoms with Crippen molar-refractivity contribution in [2.24, 2.45) is 0 Å². The molecule has 1 amide bonds. The van der Waals surface area contributed by atoms with Crippen LogP contribution in [0.15, 0.2) is 60.0 Å². The van der Waals surface area contributed by atoms with Crippen molar-refractivity contribution in [3.8, 4) is 22.9 Å². The minimum atomic E-state index is -0.202. The van der Waals surface area contributed by atoms with Gasteiger partial charge in [0, 0.05) is 17.8 Å². The third-order valence-corrected chi connectivity index (χ3v) is 5.62. The molecule has 2 aromatic carbocycles. The molecule has 0 aliphatic rings. The first-order valence-electron chi connectivity index (χ1n) is 9.61. The van der Waals surface area contributed by atoms with E-state index in [4.69, 9.17) is 14.2 Å². The standard InChI is InChI=1S/C22H21N5O4S/c1-29-17-9-14(10-18(30-2)20(17)31-3)26-19(28)12-32-22-16-11-25-27(21(16)23-13-24-22)15-7-5-4-6-8-15/h4-11,13H,12H2,1-3H3,(H,26,28). The number of ether oxygens (including phenoxy) is 3. The van der Waals surface area contributed by atoms with Crippen molar-refractivity contribution in [2.45, 2.75) is 5.03 Å². The van der Waals surface area contributed by atoms with Crippen molar-refractivity contribution < 1.29 is 19.0 Å². The van der Waals surface area contributed by atoms with Crippen LogP contribution < -0.4 is 19.5 Å². The van der Waals surface area contributed by atoms with Gasteiger partial charge in [-0.05, 0) is 12.1 Å². The highest BCUT2D eigenvalue weighted by molar-refractivity contribution is 8.00. The molecule has 32 heavy (non-hydrogen) atoms. The lowest BCUT2D eigenvalue weighted by Gasteiger charge is -2.14. The summed E-state index contributed by atoms with van der Waals surface area (Å²) >= 11 is 1.31. The molecule has 4 aromatic rings. The Morgan fingerprint density at radius 1 is 1.03 bits per heavy atom. The van der Waals surface area contributed by atoms with Gasteiger partial charge in [0.05, 0.1) is 44.4 Å². The molecule has 10 heteroatoms. The molecule has 164 valence electrons. The molecule has 2 heterocycles. The third-order valence-electron chi connectivity index (χ3n) is 4.62. The van der Waals surface area contributed by atoms with Crippen LogP contribution in [0.5, 0.6) is 17.2 Å². The van der Waals surface area contributed by atoms with Crippen LogP contribution >= 0.6 is 11.8 Å². The summed E-state index contributed by atoms with van der Waals surface area (Å²) in [6, 6.07) is 13.1. The number of nitrogens with one attached hydrogen (secondary N) is 1. The summed E-state index contributed by atoms with van der Waals surface area (Å²) in [6.45, 7) is 0. The zero-order chi connectivity index (χ0) is 22.5. The first-order chi connectivity index (χ1) is 15.6. The second-order valence-electron chi connectivity index (χ2n) is 6.56. The van der Waals surface area contributed by atoms with Gasteiger partial charge in [0.25, 0.3) is 0 Å². The van der Waals surface area contributed by atoms with Gasteiger partial charge < -0.3 is 19.5 Å². The lowest BCUT2D eigenvalue weighted by Crippen LogP contribution is -2.14. The average Bonchev–Trinajstić information content (AvgIpc) is 3.27. The molecule has 0 aliphatic heterocycles. The summed E-state index contributed by atoms with van der Waals surface area (Å²) in [7, 11) is 4.57. The molecule has 0 radical (unpaired) electrons. The summed E-state index contributed by atoms with van der Waals surface area (Å²) in [6.07, 6.45) is 3.19. The van der Waals surface area contributed by atoms with Gasteiger partial charge >= 0.3 is 0 Å². The molecule has 0 unspecified atom stereocenters. The Labute approximate surface area is 188 Å². The van der Waals surface area contributed by atoms with Crippen molar-refractivity contribution in [3.05, 3.63) is 55.0 Å². The summed E-state index contributed by atoms with van der Waals surface area (Å²) in [4.78, 5) is 21.3. The van der Waals surface area contributed by atoms with Crippen LogP contribution in [0, 0.1) is 0 Å². The molecule has 0 spiro atoms. The largest absolute Gasteiger partial charge is 0.493 e. The maximum absolute atomic E-state index is 12.6. The van der Waals surface area contributed by atoms with E-state index >= 15 is 0 Å². The number of thioether (sulfide) groups is 1. The zero-order valence-corrected chi connectivity index (χ0v) is 18.5. The second-order valence-corrected chi connectivity index (χ2v) is 7.52. The summed E-state index contributed by atoms with van der Waals surface area (Å²) < 4.78 is 17.7. The predicted octanol–water partition coefficient (Wildman–Crippen LogP) is 3.57. The summed E-state index contributed by atoms with van der Waals surface area (Å²) in [5.74, 6) is 1.33. The highest BCUT2D eigenvalue weighted by atomic mass is 32.2. The number of methoxy groups -OCH3 is 3. The van der Waals surface area contributed by atoms with Crippen LogP contribution in [-0.4, -0.2) is 52.7 Å². The Bertz CT molecular complexity index is 1220. The quantitative estimate of drug-likeness (QED) is 0.321. The fourth-order valence-electron chi connectivity index (χ4n) is 3.18. The second kappa shape index (κ2) is 9.56. The molecule has 0 fully saturated rings. The topological polar surface area (TPSA) is 100 Å². The number of benzene rings is 2. The molecule has 2 aromatic heterocycles. The molecule has 0 saturated heterocycles. The molecular formula is C22H21N5O4S. The number of carbonyl (C=O) groups excluding carboxylic acids is 1. The van der Waals surface area contributed by atoms with E-state index in [0.717, 1.165) is 11.1 Å². The predicted molar refractivity (Wildman–Crippen MR) is 122 cm³/mol. The minimum absolute atomic E-state index is 0.152. The Hall–Kier alpha value is -3.79. The number of nitrogens with zero attached hydrogens (tertiary/aromatic N) is 4. The molecule has 0 bridgehead atoms. The molecule has 0 atom stereocenters. The number of amides is 1. The van der Waals surface area contributed by atoms with Gasteiger partial charge in [-0.2, -0.15) is 5.10 Å². The number of aromatic nitrogens is 4. The molecule has 4 rings (SSSR count). The Kier molecular flexibility index (Phi) is 6.41. The number of anilines is 1. The highest BCUT2D eigenvalue weighted by Gasteiger charge is 2.16. The Morgan fingerprint density at radius 2 is 1.75 bits per heavy atom. The molecule has 0 saturated carbocycles. The highest BCUT2D eigenvalue weighted by Crippen LogP contribution is 2.40. The van der Waals surface area contributed by atoms with Crippen LogP contribution in [0.25, 0.3) is 16.7 Å². The van der Waals surface area contributed by atoms with Gasteiger partial charge in [-0.15, -0.1) is 0 Å². The molecule has 0 aliphatic carbocycles. The maximum Gasteiger partial charge on any atom is 0.234 e. The smallest absolute Gasteiger partial charge is 0.234 e. The lowest BCUT2D eigenvalue weighted by atomic mass is 10.2. The van der Waals surface area contributed by atoms with E-state index in [9.17, 15) is 4.79 Å². The zero-order valence-electron chi connectivity index (χ0n) is 17.7. The molecule has 1 N–H and O–H groups in total. The first-order valence-corrected chi connectivity index (χ1v) is 10.6. The summed E-state index contributed by atoms with van der Waals surface area (Å²) in [5.41, 5.74) is 2.12. The lowest BCUT2D eigenvalue weighted by molar-refractivity contribution is -0.113. The van der Waals surface area contributed by atoms with Gasteiger partial charge in [0.1, 0.15) is 11.4 Å². The number of hydrogen-bond acceptors (Lipinski definition) is 8. The van der Waals surface area contributed by atoms with Crippen LogP contribution in [0.4, 0.5) is 5.69 Å².